The molecule has 1 saturated carbocycles. The van der Waals surface area contributed by atoms with Crippen molar-refractivity contribution in [2.75, 3.05) is 7.11 Å². The highest BCUT2D eigenvalue weighted by molar-refractivity contribution is 5.74. The van der Waals surface area contributed by atoms with Crippen LogP contribution in [0.15, 0.2) is 0 Å². The van der Waals surface area contributed by atoms with Crippen LogP contribution in [0.4, 0.5) is 0 Å². The second kappa shape index (κ2) is 4.30. The van der Waals surface area contributed by atoms with E-state index in [-0.39, 0.29) is 0 Å². The highest BCUT2D eigenvalue weighted by Crippen LogP contribution is 2.38. The predicted octanol–water partition coefficient (Wildman–Crippen LogP) is 2.30. The number of hydrogen-bond acceptors (Lipinski definition) is 2. The lowest BCUT2D eigenvalue weighted by atomic mass is 9.70. The molecule has 0 aromatic carbocycles. The van der Waals surface area contributed by atoms with Gasteiger partial charge in [0.25, 0.3) is 0 Å². The lowest BCUT2D eigenvalue weighted by Gasteiger charge is -2.35. The molecule has 1 rings (SSSR count). The van der Waals surface area contributed by atoms with Crippen molar-refractivity contribution in [2.24, 2.45) is 11.3 Å². The quantitative estimate of drug-likeness (QED) is 0.760. The normalized spacial score (nSPS) is 28.8. The first-order chi connectivity index (χ1) is 6.48. The van der Waals surface area contributed by atoms with Crippen LogP contribution in [0.1, 0.15) is 39.5 Å². The van der Waals surface area contributed by atoms with Crippen molar-refractivity contribution in [1.82, 2.24) is 0 Å². The van der Waals surface area contributed by atoms with Crippen LogP contribution in [0.5, 0.6) is 0 Å². The molecule has 1 fully saturated rings. The maximum Gasteiger partial charge on any atom is 0.309 e. The largest absolute Gasteiger partial charge is 0.481 e. The first kappa shape index (κ1) is 11.5. The summed E-state index contributed by atoms with van der Waals surface area (Å²) in [6, 6.07) is 0. The van der Waals surface area contributed by atoms with Gasteiger partial charge in [-0.2, -0.15) is 0 Å². The molecule has 0 aliphatic heterocycles. The minimum atomic E-state index is -0.682. The van der Waals surface area contributed by atoms with Crippen molar-refractivity contribution in [1.29, 1.82) is 0 Å². The molecule has 1 aliphatic carbocycles. The number of carboxylic acids is 1. The molecule has 0 unspecified atom stereocenters. The average molecular weight is 200 g/mol. The van der Waals surface area contributed by atoms with Crippen LogP contribution in [-0.2, 0) is 9.53 Å². The summed E-state index contributed by atoms with van der Waals surface area (Å²) < 4.78 is 5.27. The zero-order valence-corrected chi connectivity index (χ0v) is 9.25. The van der Waals surface area contributed by atoms with E-state index < -0.39 is 11.4 Å². The average Bonchev–Trinajstić information content (AvgIpc) is 2.17. The van der Waals surface area contributed by atoms with Crippen molar-refractivity contribution in [3.63, 3.8) is 0 Å². The number of carbonyl (C=O) groups is 1. The van der Waals surface area contributed by atoms with Crippen molar-refractivity contribution in [3.8, 4) is 0 Å². The van der Waals surface area contributed by atoms with Crippen LogP contribution in [0.25, 0.3) is 0 Å². The molecule has 0 radical (unpaired) electrons. The molecular formula is C11H20O3. The summed E-state index contributed by atoms with van der Waals surface area (Å²) in [4.78, 5) is 11.0. The number of aliphatic carboxylic acids is 1. The zero-order valence-electron chi connectivity index (χ0n) is 9.25. The van der Waals surface area contributed by atoms with Gasteiger partial charge in [-0.3, -0.25) is 4.79 Å². The van der Waals surface area contributed by atoms with Gasteiger partial charge in [0.15, 0.2) is 0 Å². The summed E-state index contributed by atoms with van der Waals surface area (Å²) in [7, 11) is 1.73. The van der Waals surface area contributed by atoms with Gasteiger partial charge in [0.2, 0.25) is 0 Å². The molecular weight excluding hydrogens is 180 g/mol. The summed E-state index contributed by atoms with van der Waals surface area (Å²) >= 11 is 0. The third-order valence-corrected chi connectivity index (χ3v) is 3.58. The van der Waals surface area contributed by atoms with Gasteiger partial charge in [0.05, 0.1) is 11.5 Å². The van der Waals surface area contributed by atoms with Gasteiger partial charge in [0, 0.05) is 7.11 Å². The second-order valence-electron chi connectivity index (χ2n) is 4.74. The Bertz CT molecular complexity index is 203. The summed E-state index contributed by atoms with van der Waals surface area (Å²) in [5.74, 6) is -0.384. The zero-order chi connectivity index (χ0) is 10.8. The van der Waals surface area contributed by atoms with Crippen LogP contribution in [0, 0.1) is 11.3 Å². The molecule has 0 aromatic heterocycles. The van der Waals surface area contributed by atoms with Crippen molar-refractivity contribution >= 4 is 5.97 Å². The Hall–Kier alpha value is -0.570. The minimum absolute atomic E-state index is 0.298. The van der Waals surface area contributed by atoms with Crippen LogP contribution in [0.2, 0.25) is 0 Å². The number of ether oxygens (including phenoxy) is 1. The van der Waals surface area contributed by atoms with Gasteiger partial charge in [-0.15, -0.1) is 0 Å². The number of rotatable bonds is 3. The van der Waals surface area contributed by atoms with Crippen molar-refractivity contribution in [2.45, 2.75) is 45.6 Å². The molecule has 3 heteroatoms. The number of hydrogen-bond donors (Lipinski definition) is 1. The SMILES string of the molecule is CO[C@H]1CC[C@@H](C(C)(C)C(=O)O)CC1. The molecule has 0 aromatic rings. The van der Waals surface area contributed by atoms with Crippen LogP contribution in [-0.4, -0.2) is 24.3 Å². The Morgan fingerprint density at radius 3 is 2.14 bits per heavy atom. The highest BCUT2D eigenvalue weighted by Gasteiger charge is 2.38. The van der Waals surface area contributed by atoms with Crippen LogP contribution in [0.3, 0.4) is 0 Å². The van der Waals surface area contributed by atoms with E-state index in [0.29, 0.717) is 12.0 Å². The summed E-state index contributed by atoms with van der Waals surface area (Å²) in [5, 5.41) is 9.09. The second-order valence-corrected chi connectivity index (χ2v) is 4.74. The molecule has 0 bridgehead atoms. The van der Waals surface area contributed by atoms with Gasteiger partial charge in [-0.05, 0) is 45.4 Å². The van der Waals surface area contributed by atoms with Gasteiger partial charge < -0.3 is 9.84 Å². The van der Waals surface area contributed by atoms with E-state index >= 15 is 0 Å². The summed E-state index contributed by atoms with van der Waals surface area (Å²) in [5.41, 5.74) is -0.585. The van der Waals surface area contributed by atoms with E-state index in [0.717, 1.165) is 25.7 Å². The number of methoxy groups -OCH3 is 1. The predicted molar refractivity (Wildman–Crippen MR) is 54.2 cm³/mol. The molecule has 1 N–H and O–H groups in total. The molecule has 1 aliphatic rings. The molecule has 0 amide bonds. The summed E-state index contributed by atoms with van der Waals surface area (Å²) in [6.07, 6.45) is 4.28. The van der Waals surface area contributed by atoms with Gasteiger partial charge in [0.1, 0.15) is 0 Å². The van der Waals surface area contributed by atoms with Crippen LogP contribution < -0.4 is 0 Å². The highest BCUT2D eigenvalue weighted by atomic mass is 16.5. The third kappa shape index (κ3) is 2.27. The lowest BCUT2D eigenvalue weighted by molar-refractivity contribution is -0.151. The van der Waals surface area contributed by atoms with E-state index in [4.69, 9.17) is 9.84 Å². The van der Waals surface area contributed by atoms with E-state index in [2.05, 4.69) is 0 Å². The standard InChI is InChI=1S/C11H20O3/c1-11(2,10(12)13)8-4-6-9(14-3)7-5-8/h8-9H,4-7H2,1-3H3,(H,12,13)/t8-,9+. The molecule has 0 saturated heterocycles. The molecule has 0 heterocycles. The molecule has 0 spiro atoms. The fraction of sp³-hybridized carbons (Fsp3) is 0.909. The van der Waals surface area contributed by atoms with Gasteiger partial charge in [-0.1, -0.05) is 0 Å². The Labute approximate surface area is 85.5 Å². The Kier molecular flexibility index (Phi) is 3.53. The van der Waals surface area contributed by atoms with Crippen molar-refractivity contribution in [3.05, 3.63) is 0 Å². The van der Waals surface area contributed by atoms with Gasteiger partial charge in [-0.25, -0.2) is 0 Å². The van der Waals surface area contributed by atoms with E-state index in [9.17, 15) is 4.79 Å². The van der Waals surface area contributed by atoms with E-state index in [1.807, 2.05) is 13.8 Å². The number of carboxylic acid groups (broad SMARTS) is 1. The fourth-order valence-electron chi connectivity index (χ4n) is 2.19. The maximum absolute atomic E-state index is 11.0. The third-order valence-electron chi connectivity index (χ3n) is 3.58. The maximum atomic E-state index is 11.0. The molecule has 82 valence electrons. The lowest BCUT2D eigenvalue weighted by Crippen LogP contribution is -2.36. The van der Waals surface area contributed by atoms with E-state index in [1.54, 1.807) is 7.11 Å². The fourth-order valence-corrected chi connectivity index (χ4v) is 2.19. The first-order valence-electron chi connectivity index (χ1n) is 5.24. The minimum Gasteiger partial charge on any atom is -0.481 e. The molecule has 3 nitrogen and oxygen atoms in total. The summed E-state index contributed by atoms with van der Waals surface area (Å²) in [6.45, 7) is 3.65. The van der Waals surface area contributed by atoms with Gasteiger partial charge >= 0.3 is 5.97 Å². The Balaban J connectivity index is 2.53. The molecule has 0 atom stereocenters. The first-order valence-corrected chi connectivity index (χ1v) is 5.24. The van der Waals surface area contributed by atoms with Crippen molar-refractivity contribution < 1.29 is 14.6 Å². The van der Waals surface area contributed by atoms with Crippen LogP contribution >= 0.6 is 0 Å². The molecule has 14 heavy (non-hydrogen) atoms. The smallest absolute Gasteiger partial charge is 0.309 e. The topological polar surface area (TPSA) is 46.5 Å². The van der Waals surface area contributed by atoms with E-state index in [1.165, 1.54) is 0 Å². The Morgan fingerprint density at radius 1 is 1.29 bits per heavy atom. The monoisotopic (exact) mass is 200 g/mol. The Morgan fingerprint density at radius 2 is 1.79 bits per heavy atom.